The molecule has 2 saturated heterocycles. The van der Waals surface area contributed by atoms with Crippen LogP contribution in [-0.4, -0.2) is 63.3 Å². The lowest BCUT2D eigenvalue weighted by Gasteiger charge is -2.43. The van der Waals surface area contributed by atoms with Gasteiger partial charge in [-0.3, -0.25) is 19.4 Å². The summed E-state index contributed by atoms with van der Waals surface area (Å²) in [5.41, 5.74) is 3.58. The summed E-state index contributed by atoms with van der Waals surface area (Å²) in [5, 5.41) is 11.5. The normalized spacial score (nSPS) is 21.9. The fraction of sp³-hybridized carbons (Fsp3) is 0.448. The van der Waals surface area contributed by atoms with Gasteiger partial charge in [-0.15, -0.1) is 0 Å². The summed E-state index contributed by atoms with van der Waals surface area (Å²) in [6.07, 6.45) is 1.10. The molecule has 8 nitrogen and oxygen atoms in total. The predicted octanol–water partition coefficient (Wildman–Crippen LogP) is 2.85. The van der Waals surface area contributed by atoms with E-state index in [2.05, 4.69) is 26.8 Å². The van der Waals surface area contributed by atoms with Gasteiger partial charge in [0.1, 0.15) is 0 Å². The third-order valence-corrected chi connectivity index (χ3v) is 8.74. The summed E-state index contributed by atoms with van der Waals surface area (Å²) >= 11 is 6.18. The molecule has 2 bridgehead atoms. The highest BCUT2D eigenvalue weighted by atomic mass is 35.5. The highest BCUT2D eigenvalue weighted by Gasteiger charge is 2.34. The van der Waals surface area contributed by atoms with Crippen LogP contribution in [0, 0.1) is 5.92 Å². The number of hydrogen-bond donors (Lipinski definition) is 1. The van der Waals surface area contributed by atoms with Crippen LogP contribution < -0.4 is 15.9 Å². The minimum Gasteiger partial charge on any atom is -0.503 e. The number of hydrogen-bond acceptors (Lipinski definition) is 6. The van der Waals surface area contributed by atoms with Crippen molar-refractivity contribution in [1.82, 2.24) is 18.9 Å². The molecule has 3 aliphatic rings. The molecule has 1 aromatic carbocycles. The number of piperazine rings is 1. The summed E-state index contributed by atoms with van der Waals surface area (Å²) < 4.78 is 3.94. The second-order valence-electron chi connectivity index (χ2n) is 11.0. The molecule has 0 radical (unpaired) electrons. The van der Waals surface area contributed by atoms with Crippen molar-refractivity contribution in [3.8, 4) is 5.75 Å². The maximum atomic E-state index is 12.8. The molecule has 2 aromatic heterocycles. The van der Waals surface area contributed by atoms with E-state index in [1.54, 1.807) is 12.1 Å². The van der Waals surface area contributed by atoms with Crippen molar-refractivity contribution >= 4 is 17.3 Å². The molecule has 0 amide bonds. The highest BCUT2D eigenvalue weighted by molar-refractivity contribution is 6.30. The number of anilines is 1. The summed E-state index contributed by atoms with van der Waals surface area (Å²) in [6.45, 7) is 7.05. The van der Waals surface area contributed by atoms with Crippen LogP contribution >= 0.6 is 11.6 Å². The van der Waals surface area contributed by atoms with Gasteiger partial charge in [-0.1, -0.05) is 23.7 Å². The molecule has 2 atom stereocenters. The quantitative estimate of drug-likeness (QED) is 0.541. The molecule has 0 aliphatic carbocycles. The van der Waals surface area contributed by atoms with E-state index in [0.29, 0.717) is 30.6 Å². The van der Waals surface area contributed by atoms with Gasteiger partial charge in [0.25, 0.3) is 5.56 Å². The predicted molar refractivity (Wildman–Crippen MR) is 149 cm³/mol. The van der Waals surface area contributed by atoms with Crippen LogP contribution in [0.5, 0.6) is 5.75 Å². The Hall–Kier alpha value is -3.07. The van der Waals surface area contributed by atoms with E-state index in [0.717, 1.165) is 74.3 Å². The third kappa shape index (κ3) is 4.88. The second kappa shape index (κ2) is 10.2. The van der Waals surface area contributed by atoms with E-state index in [4.69, 9.17) is 11.6 Å². The minimum atomic E-state index is -0.320. The molecule has 3 aromatic rings. The number of aromatic nitrogens is 2. The lowest BCUT2D eigenvalue weighted by atomic mass is 9.83. The monoisotopic (exact) mass is 535 g/mol. The van der Waals surface area contributed by atoms with Crippen molar-refractivity contribution < 1.29 is 5.11 Å². The van der Waals surface area contributed by atoms with Gasteiger partial charge in [-0.25, -0.2) is 0 Å². The molecular formula is C29H34ClN5O3. The van der Waals surface area contributed by atoms with Crippen molar-refractivity contribution in [2.24, 2.45) is 13.0 Å². The summed E-state index contributed by atoms with van der Waals surface area (Å²) in [7, 11) is 1.95. The SMILES string of the molecule is Cn1c(CN2CC3CC(C2)c2cccc(=O)n2C3)cc(=O)c(O)c1CN1CCN(c2cccc(Cl)c2)CC1. The molecule has 2 unspecified atom stereocenters. The molecule has 0 saturated carbocycles. The van der Waals surface area contributed by atoms with E-state index in [9.17, 15) is 14.7 Å². The number of likely N-dealkylation sites (tertiary alicyclic amines) is 1. The van der Waals surface area contributed by atoms with Crippen molar-refractivity contribution in [3.05, 3.63) is 91.2 Å². The molecule has 1 N–H and O–H groups in total. The minimum absolute atomic E-state index is 0.0876. The fourth-order valence-corrected chi connectivity index (χ4v) is 6.71. The molecule has 200 valence electrons. The number of rotatable bonds is 5. The number of nitrogens with zero attached hydrogens (tertiary/aromatic N) is 5. The average Bonchev–Trinajstić information content (AvgIpc) is 2.91. The second-order valence-corrected chi connectivity index (χ2v) is 11.4. The van der Waals surface area contributed by atoms with Gasteiger partial charge in [0.15, 0.2) is 5.75 Å². The first-order valence-corrected chi connectivity index (χ1v) is 13.8. The van der Waals surface area contributed by atoms with E-state index < -0.39 is 0 Å². The van der Waals surface area contributed by atoms with Crippen LogP contribution in [0.25, 0.3) is 0 Å². The van der Waals surface area contributed by atoms with E-state index in [1.165, 1.54) is 0 Å². The number of benzene rings is 1. The topological polar surface area (TPSA) is 73.9 Å². The number of halogens is 1. The number of pyridine rings is 2. The first kappa shape index (κ1) is 25.2. The van der Waals surface area contributed by atoms with E-state index in [1.807, 2.05) is 40.4 Å². The van der Waals surface area contributed by atoms with Gasteiger partial charge < -0.3 is 19.1 Å². The van der Waals surface area contributed by atoms with Crippen LogP contribution in [0.1, 0.15) is 29.4 Å². The molecule has 0 spiro atoms. The molecule has 38 heavy (non-hydrogen) atoms. The standard InChI is InChI=1S/C29H34ClN5O3/c1-31-24(18-33-15-20-12-21(17-33)25-6-3-7-28(37)35(25)16-20)14-27(36)29(38)26(31)19-32-8-10-34(11-9-32)23-5-2-4-22(30)13-23/h2-7,13-14,20-21,38H,8-12,15-19H2,1H3. The fourth-order valence-electron chi connectivity index (χ4n) is 6.53. The Bertz CT molecular complexity index is 1460. The van der Waals surface area contributed by atoms with Crippen molar-refractivity contribution in [1.29, 1.82) is 0 Å². The first-order chi connectivity index (χ1) is 18.4. The zero-order valence-electron chi connectivity index (χ0n) is 21.7. The van der Waals surface area contributed by atoms with Crippen LogP contribution in [0.15, 0.2) is 58.1 Å². The third-order valence-electron chi connectivity index (χ3n) is 8.50. The van der Waals surface area contributed by atoms with Crippen LogP contribution in [0.3, 0.4) is 0 Å². The Morgan fingerprint density at radius 2 is 1.71 bits per heavy atom. The molecular weight excluding hydrogens is 502 g/mol. The summed E-state index contributed by atoms with van der Waals surface area (Å²) in [5.74, 6) is 0.587. The van der Waals surface area contributed by atoms with Gasteiger partial charge in [0, 0.05) is 106 Å². The van der Waals surface area contributed by atoms with E-state index in [-0.39, 0.29) is 16.7 Å². The van der Waals surface area contributed by atoms with Crippen LogP contribution in [0.4, 0.5) is 5.69 Å². The number of aromatic hydroxyl groups is 1. The van der Waals surface area contributed by atoms with Crippen molar-refractivity contribution in [3.63, 3.8) is 0 Å². The Morgan fingerprint density at radius 3 is 2.50 bits per heavy atom. The summed E-state index contributed by atoms with van der Waals surface area (Å²) in [6, 6.07) is 15.1. The van der Waals surface area contributed by atoms with Crippen LogP contribution in [-0.2, 0) is 26.7 Å². The smallest absolute Gasteiger partial charge is 0.250 e. The van der Waals surface area contributed by atoms with Crippen LogP contribution in [0.2, 0.25) is 5.02 Å². The highest BCUT2D eigenvalue weighted by Crippen LogP contribution is 2.35. The number of fused-ring (bicyclic) bond motifs is 4. The maximum Gasteiger partial charge on any atom is 0.250 e. The van der Waals surface area contributed by atoms with Gasteiger partial charge in [0.2, 0.25) is 5.43 Å². The average molecular weight is 536 g/mol. The molecule has 2 fully saturated rings. The molecule has 5 heterocycles. The molecule has 9 heteroatoms. The number of piperidine rings is 1. The lowest BCUT2D eigenvalue weighted by molar-refractivity contribution is 0.112. The molecule has 6 rings (SSSR count). The maximum absolute atomic E-state index is 12.8. The zero-order valence-corrected chi connectivity index (χ0v) is 22.5. The van der Waals surface area contributed by atoms with Crippen molar-refractivity contribution in [2.75, 3.05) is 44.2 Å². The van der Waals surface area contributed by atoms with E-state index >= 15 is 0 Å². The van der Waals surface area contributed by atoms with Gasteiger partial charge in [-0.2, -0.15) is 0 Å². The zero-order chi connectivity index (χ0) is 26.4. The Kier molecular flexibility index (Phi) is 6.80. The lowest BCUT2D eigenvalue weighted by Crippen LogP contribution is -2.47. The van der Waals surface area contributed by atoms with Gasteiger partial charge in [0.05, 0.1) is 5.69 Å². The Labute approximate surface area is 227 Å². The Morgan fingerprint density at radius 1 is 0.921 bits per heavy atom. The largest absolute Gasteiger partial charge is 0.503 e. The van der Waals surface area contributed by atoms with Gasteiger partial charge in [-0.05, 0) is 36.6 Å². The van der Waals surface area contributed by atoms with Crippen molar-refractivity contribution in [2.45, 2.75) is 32.0 Å². The molecule has 3 aliphatic heterocycles. The van der Waals surface area contributed by atoms with Gasteiger partial charge >= 0.3 is 0 Å². The first-order valence-electron chi connectivity index (χ1n) is 13.4. The summed E-state index contributed by atoms with van der Waals surface area (Å²) in [4.78, 5) is 32.2. The Balaban J connectivity index is 1.16.